The molecule has 0 aliphatic carbocycles. The van der Waals surface area contributed by atoms with Gasteiger partial charge in [-0.1, -0.05) is 30.3 Å². The monoisotopic (exact) mass is 416 g/mol. The van der Waals surface area contributed by atoms with Gasteiger partial charge in [-0.2, -0.15) is 0 Å². The van der Waals surface area contributed by atoms with Gasteiger partial charge in [0.15, 0.2) is 0 Å². The highest BCUT2D eigenvalue weighted by Gasteiger charge is 2.37. The summed E-state index contributed by atoms with van der Waals surface area (Å²) < 4.78 is 8.15. The molecule has 0 unspecified atom stereocenters. The molecule has 1 N–H and O–H groups in total. The molecule has 0 radical (unpaired) electrons. The lowest BCUT2D eigenvalue weighted by Gasteiger charge is -2.35. The number of fused-ring (bicyclic) bond motifs is 3. The quantitative estimate of drug-likeness (QED) is 0.668. The van der Waals surface area contributed by atoms with Crippen molar-refractivity contribution in [1.29, 1.82) is 0 Å². The number of para-hydroxylation sites is 3. The molecule has 5 rings (SSSR count). The normalized spacial score (nSPS) is 18.6. The number of nitrogens with zero attached hydrogens (tertiary/aromatic N) is 3. The number of allylic oxidation sites excluding steroid dienone is 1. The number of carbonyl (C=O) groups is 1. The van der Waals surface area contributed by atoms with E-state index in [0.29, 0.717) is 6.61 Å². The fourth-order valence-electron chi connectivity index (χ4n) is 4.80. The summed E-state index contributed by atoms with van der Waals surface area (Å²) in [4.78, 5) is 20.7. The van der Waals surface area contributed by atoms with E-state index in [1.165, 1.54) is 6.42 Å². The van der Waals surface area contributed by atoms with Gasteiger partial charge in [0.25, 0.3) is 5.91 Å². The van der Waals surface area contributed by atoms with Gasteiger partial charge in [-0.25, -0.2) is 4.98 Å². The molecule has 1 atom stereocenters. The van der Waals surface area contributed by atoms with Crippen molar-refractivity contribution in [2.45, 2.75) is 39.2 Å². The van der Waals surface area contributed by atoms with Crippen molar-refractivity contribution in [2.75, 3.05) is 25.0 Å². The predicted molar refractivity (Wildman–Crippen MR) is 122 cm³/mol. The number of aromatic nitrogens is 2. The van der Waals surface area contributed by atoms with Crippen LogP contribution in [0.5, 0.6) is 5.75 Å². The Morgan fingerprint density at radius 2 is 1.84 bits per heavy atom. The van der Waals surface area contributed by atoms with E-state index in [4.69, 9.17) is 9.72 Å². The Labute approximate surface area is 182 Å². The number of nitrogens with one attached hydrogen (secondary N) is 1. The SMILES string of the molecule is CCOc1ccccc1[C@H]1C(C(=O)N2CCCCC2)=C(C)Nc2nc3ccccc3n21. The molecular weight excluding hydrogens is 388 g/mol. The van der Waals surface area contributed by atoms with E-state index in [0.717, 1.165) is 65.5 Å². The summed E-state index contributed by atoms with van der Waals surface area (Å²) in [7, 11) is 0. The van der Waals surface area contributed by atoms with Gasteiger partial charge < -0.3 is 15.0 Å². The highest BCUT2D eigenvalue weighted by Crippen LogP contribution is 2.42. The average molecular weight is 417 g/mol. The van der Waals surface area contributed by atoms with Crippen molar-refractivity contribution >= 4 is 22.9 Å². The lowest BCUT2D eigenvalue weighted by molar-refractivity contribution is -0.128. The molecule has 160 valence electrons. The highest BCUT2D eigenvalue weighted by molar-refractivity contribution is 5.98. The molecule has 2 aromatic carbocycles. The molecule has 0 spiro atoms. The third-order valence-corrected chi connectivity index (χ3v) is 6.22. The number of likely N-dealkylation sites (tertiary alicyclic amines) is 1. The Morgan fingerprint density at radius 3 is 2.65 bits per heavy atom. The summed E-state index contributed by atoms with van der Waals surface area (Å²) in [6.07, 6.45) is 3.31. The van der Waals surface area contributed by atoms with Crippen LogP contribution in [0, 0.1) is 0 Å². The summed E-state index contributed by atoms with van der Waals surface area (Å²) in [6.45, 7) is 6.16. The molecule has 31 heavy (non-hydrogen) atoms. The van der Waals surface area contributed by atoms with Crippen LogP contribution in [-0.2, 0) is 4.79 Å². The molecule has 1 saturated heterocycles. The lowest BCUT2D eigenvalue weighted by Crippen LogP contribution is -2.40. The van der Waals surface area contributed by atoms with Crippen LogP contribution >= 0.6 is 0 Å². The predicted octanol–water partition coefficient (Wildman–Crippen LogP) is 4.74. The number of anilines is 1. The minimum atomic E-state index is -0.305. The first-order chi connectivity index (χ1) is 15.2. The van der Waals surface area contributed by atoms with Gasteiger partial charge in [0.05, 0.1) is 29.3 Å². The maximum Gasteiger partial charge on any atom is 0.254 e. The van der Waals surface area contributed by atoms with E-state index in [-0.39, 0.29) is 11.9 Å². The molecule has 3 aromatic rings. The molecular formula is C25H28N4O2. The number of ether oxygens (including phenoxy) is 1. The molecule has 1 fully saturated rings. The Balaban J connectivity index is 1.72. The second kappa shape index (κ2) is 8.10. The van der Waals surface area contributed by atoms with E-state index in [9.17, 15) is 4.79 Å². The zero-order valence-electron chi connectivity index (χ0n) is 18.1. The molecule has 2 aliphatic rings. The van der Waals surface area contributed by atoms with Gasteiger partial charge in [-0.05, 0) is 51.3 Å². The van der Waals surface area contributed by atoms with E-state index in [1.807, 2.05) is 55.1 Å². The van der Waals surface area contributed by atoms with Crippen LogP contribution in [0.15, 0.2) is 59.8 Å². The molecule has 0 saturated carbocycles. The highest BCUT2D eigenvalue weighted by atomic mass is 16.5. The van der Waals surface area contributed by atoms with Crippen LogP contribution in [-0.4, -0.2) is 40.1 Å². The van der Waals surface area contributed by atoms with Gasteiger partial charge in [-0.15, -0.1) is 0 Å². The first kappa shape index (κ1) is 19.7. The van der Waals surface area contributed by atoms with Crippen LogP contribution in [0.2, 0.25) is 0 Å². The number of imidazole rings is 1. The third-order valence-electron chi connectivity index (χ3n) is 6.22. The van der Waals surface area contributed by atoms with Gasteiger partial charge >= 0.3 is 0 Å². The largest absolute Gasteiger partial charge is 0.494 e. The van der Waals surface area contributed by atoms with Crippen LogP contribution in [0.3, 0.4) is 0 Å². The average Bonchev–Trinajstić information content (AvgIpc) is 3.17. The molecule has 2 aliphatic heterocycles. The first-order valence-electron chi connectivity index (χ1n) is 11.1. The summed E-state index contributed by atoms with van der Waals surface area (Å²) in [6, 6.07) is 15.8. The van der Waals surface area contributed by atoms with Crippen molar-refractivity contribution in [1.82, 2.24) is 14.5 Å². The Morgan fingerprint density at radius 1 is 1.10 bits per heavy atom. The molecule has 1 aromatic heterocycles. The van der Waals surface area contributed by atoms with Crippen molar-refractivity contribution in [3.05, 3.63) is 65.4 Å². The fraction of sp³-hybridized carbons (Fsp3) is 0.360. The van der Waals surface area contributed by atoms with E-state index < -0.39 is 0 Å². The lowest BCUT2D eigenvalue weighted by atomic mass is 9.92. The smallest absolute Gasteiger partial charge is 0.254 e. The van der Waals surface area contributed by atoms with Gasteiger partial charge in [-0.3, -0.25) is 9.36 Å². The Hall–Kier alpha value is -3.28. The number of hydrogen-bond donors (Lipinski definition) is 1. The van der Waals surface area contributed by atoms with Crippen LogP contribution in [0.25, 0.3) is 11.0 Å². The Bertz CT molecular complexity index is 1160. The molecule has 6 nitrogen and oxygen atoms in total. The van der Waals surface area contributed by atoms with E-state index >= 15 is 0 Å². The minimum Gasteiger partial charge on any atom is -0.494 e. The van der Waals surface area contributed by atoms with Gasteiger partial charge in [0.2, 0.25) is 5.95 Å². The zero-order chi connectivity index (χ0) is 21.4. The standard InChI is InChI=1S/C25H28N4O2/c1-3-31-21-14-8-5-11-18(21)23-22(24(30)28-15-9-4-10-16-28)17(2)26-25-27-19-12-6-7-13-20(19)29(23)25/h5-8,11-14,23H,3-4,9-10,15-16H2,1-2H3,(H,26,27)/t23-/m0/s1. The van der Waals surface area contributed by atoms with Gasteiger partial charge in [0.1, 0.15) is 5.75 Å². The second-order valence-corrected chi connectivity index (χ2v) is 8.18. The number of rotatable bonds is 4. The first-order valence-corrected chi connectivity index (χ1v) is 11.1. The Kier molecular flexibility index (Phi) is 5.14. The van der Waals surface area contributed by atoms with Crippen molar-refractivity contribution in [2.24, 2.45) is 0 Å². The maximum atomic E-state index is 13.8. The van der Waals surface area contributed by atoms with Crippen molar-refractivity contribution in [3.63, 3.8) is 0 Å². The maximum absolute atomic E-state index is 13.8. The number of amides is 1. The summed E-state index contributed by atoms with van der Waals surface area (Å²) >= 11 is 0. The molecule has 3 heterocycles. The third kappa shape index (κ3) is 3.36. The van der Waals surface area contributed by atoms with Crippen LogP contribution in [0.1, 0.15) is 44.7 Å². The molecule has 0 bridgehead atoms. The van der Waals surface area contributed by atoms with E-state index in [2.05, 4.69) is 22.0 Å². The number of benzene rings is 2. The summed E-state index contributed by atoms with van der Waals surface area (Å²) in [5.74, 6) is 1.66. The topological polar surface area (TPSA) is 59.4 Å². The second-order valence-electron chi connectivity index (χ2n) is 8.18. The minimum absolute atomic E-state index is 0.101. The summed E-state index contributed by atoms with van der Waals surface area (Å²) in [5.41, 5.74) is 4.51. The van der Waals surface area contributed by atoms with Crippen molar-refractivity contribution < 1.29 is 9.53 Å². The molecule has 6 heteroatoms. The number of hydrogen-bond acceptors (Lipinski definition) is 4. The van der Waals surface area contributed by atoms with Gasteiger partial charge in [0, 0.05) is 24.4 Å². The number of carbonyl (C=O) groups excluding carboxylic acids is 1. The van der Waals surface area contributed by atoms with Crippen molar-refractivity contribution in [3.8, 4) is 5.75 Å². The van der Waals surface area contributed by atoms with Crippen LogP contribution < -0.4 is 10.1 Å². The fourth-order valence-corrected chi connectivity index (χ4v) is 4.80. The summed E-state index contributed by atoms with van der Waals surface area (Å²) in [5, 5.41) is 3.41. The zero-order valence-corrected chi connectivity index (χ0v) is 18.1. The number of piperidine rings is 1. The molecule has 1 amide bonds. The van der Waals surface area contributed by atoms with E-state index in [1.54, 1.807) is 0 Å². The van der Waals surface area contributed by atoms with Crippen LogP contribution in [0.4, 0.5) is 5.95 Å².